The normalized spacial score (nSPS) is 13.2. The van der Waals surface area contributed by atoms with Gasteiger partial charge in [-0.05, 0) is 60.6 Å². The van der Waals surface area contributed by atoms with Gasteiger partial charge in [-0.2, -0.15) is 0 Å². The number of hydrogen-bond acceptors (Lipinski definition) is 4. The highest BCUT2D eigenvalue weighted by Crippen LogP contribution is 2.42. The average molecular weight is 592 g/mol. The molecular formula is C34H31BrN4O. The minimum Gasteiger partial charge on any atom is -0.380 e. The maximum absolute atomic E-state index is 12.8. The number of aromatic nitrogens is 3. The summed E-state index contributed by atoms with van der Waals surface area (Å²) in [4.78, 5) is 11.7. The van der Waals surface area contributed by atoms with Gasteiger partial charge < -0.3 is 10.0 Å². The third kappa shape index (κ3) is 5.06. The number of benzene rings is 4. The van der Waals surface area contributed by atoms with E-state index in [2.05, 4.69) is 80.4 Å². The van der Waals surface area contributed by atoms with Crippen LogP contribution in [-0.2, 0) is 12.0 Å². The van der Waals surface area contributed by atoms with Crippen LogP contribution in [0.5, 0.6) is 0 Å². The summed E-state index contributed by atoms with van der Waals surface area (Å²) in [6.07, 6.45) is 6.71. The molecule has 6 rings (SSSR count). The lowest BCUT2D eigenvalue weighted by molar-refractivity contribution is 0.0656. The molecule has 0 amide bonds. The van der Waals surface area contributed by atoms with Gasteiger partial charge in [0.1, 0.15) is 17.7 Å². The van der Waals surface area contributed by atoms with E-state index < -0.39 is 5.60 Å². The molecule has 0 saturated heterocycles. The number of aliphatic hydroxyl groups is 1. The molecule has 2 aromatic heterocycles. The van der Waals surface area contributed by atoms with Crippen LogP contribution in [0.3, 0.4) is 0 Å². The van der Waals surface area contributed by atoms with Crippen LogP contribution in [0, 0.1) is 0 Å². The van der Waals surface area contributed by atoms with Crippen molar-refractivity contribution in [1.82, 2.24) is 19.4 Å². The molecule has 0 radical (unpaired) electrons. The first-order valence-electron chi connectivity index (χ1n) is 13.4. The molecule has 0 aliphatic rings. The van der Waals surface area contributed by atoms with E-state index in [0.29, 0.717) is 13.0 Å². The second kappa shape index (κ2) is 11.0. The minimum atomic E-state index is -1.28. The first-order valence-corrected chi connectivity index (χ1v) is 14.2. The lowest BCUT2D eigenvalue weighted by atomic mass is 9.80. The Morgan fingerprint density at radius 1 is 0.875 bits per heavy atom. The highest BCUT2D eigenvalue weighted by Gasteiger charge is 2.36. The van der Waals surface area contributed by atoms with Crippen molar-refractivity contribution in [2.75, 3.05) is 20.6 Å². The fourth-order valence-corrected chi connectivity index (χ4v) is 6.02. The van der Waals surface area contributed by atoms with Gasteiger partial charge in [0.05, 0.1) is 5.52 Å². The number of rotatable bonds is 8. The van der Waals surface area contributed by atoms with E-state index in [1.54, 1.807) is 12.5 Å². The molecule has 200 valence electrons. The van der Waals surface area contributed by atoms with Gasteiger partial charge in [0, 0.05) is 46.3 Å². The van der Waals surface area contributed by atoms with Crippen molar-refractivity contribution in [3.05, 3.63) is 136 Å². The molecule has 1 N–H and O–H groups in total. The lowest BCUT2D eigenvalue weighted by Gasteiger charge is -2.33. The van der Waals surface area contributed by atoms with E-state index in [1.807, 2.05) is 61.3 Å². The van der Waals surface area contributed by atoms with Crippen molar-refractivity contribution in [3.63, 3.8) is 0 Å². The van der Waals surface area contributed by atoms with Crippen LogP contribution in [0.1, 0.15) is 28.7 Å². The quantitative estimate of drug-likeness (QED) is 0.205. The highest BCUT2D eigenvalue weighted by atomic mass is 79.9. The molecule has 0 fully saturated rings. The van der Waals surface area contributed by atoms with Gasteiger partial charge in [0.15, 0.2) is 0 Å². The first-order chi connectivity index (χ1) is 19.4. The van der Waals surface area contributed by atoms with Crippen LogP contribution in [0.2, 0.25) is 0 Å². The molecule has 40 heavy (non-hydrogen) atoms. The maximum Gasteiger partial charge on any atom is 0.142 e. The topological polar surface area (TPSA) is 54.2 Å². The minimum absolute atomic E-state index is 0.507. The second-order valence-electron chi connectivity index (χ2n) is 10.6. The zero-order valence-corrected chi connectivity index (χ0v) is 24.2. The Morgan fingerprint density at radius 3 is 2.42 bits per heavy atom. The molecule has 1 unspecified atom stereocenters. The molecule has 4 aromatic carbocycles. The Hall–Kier alpha value is -3.84. The van der Waals surface area contributed by atoms with E-state index in [9.17, 15) is 5.11 Å². The third-order valence-electron chi connectivity index (χ3n) is 7.53. The van der Waals surface area contributed by atoms with Crippen molar-refractivity contribution in [3.8, 4) is 5.82 Å². The Morgan fingerprint density at radius 2 is 1.65 bits per heavy atom. The van der Waals surface area contributed by atoms with Gasteiger partial charge in [0.25, 0.3) is 0 Å². The third-order valence-corrected chi connectivity index (χ3v) is 7.98. The number of imidazole rings is 1. The lowest BCUT2D eigenvalue weighted by Crippen LogP contribution is -2.32. The molecule has 0 aliphatic carbocycles. The van der Waals surface area contributed by atoms with E-state index in [0.717, 1.165) is 55.1 Å². The first kappa shape index (κ1) is 26.4. The van der Waals surface area contributed by atoms with Crippen molar-refractivity contribution >= 4 is 37.6 Å². The number of pyridine rings is 1. The average Bonchev–Trinajstić information content (AvgIpc) is 3.50. The molecule has 6 aromatic rings. The summed E-state index contributed by atoms with van der Waals surface area (Å²) in [7, 11) is 4.07. The summed E-state index contributed by atoms with van der Waals surface area (Å²) in [6, 6.07) is 31.2. The Balaban J connectivity index is 1.62. The molecule has 5 nitrogen and oxygen atoms in total. The molecule has 0 spiro atoms. The van der Waals surface area contributed by atoms with Crippen molar-refractivity contribution in [2.24, 2.45) is 0 Å². The SMILES string of the molecule is CN(C)CCC(O)(c1cccc2ccccc12)c1cc(Br)cc2cc(Cc3ccccc3)c(-n3ccnc3)nc12. The number of fused-ring (bicyclic) bond motifs is 2. The van der Waals surface area contributed by atoms with Gasteiger partial charge in [-0.15, -0.1) is 0 Å². The van der Waals surface area contributed by atoms with Crippen LogP contribution >= 0.6 is 15.9 Å². The zero-order chi connectivity index (χ0) is 27.7. The van der Waals surface area contributed by atoms with Crippen LogP contribution in [0.25, 0.3) is 27.5 Å². The largest absolute Gasteiger partial charge is 0.380 e. The summed E-state index contributed by atoms with van der Waals surface area (Å²) in [5, 5.41) is 16.0. The smallest absolute Gasteiger partial charge is 0.142 e. The van der Waals surface area contributed by atoms with Gasteiger partial charge in [-0.1, -0.05) is 88.7 Å². The van der Waals surface area contributed by atoms with Crippen LogP contribution < -0.4 is 0 Å². The van der Waals surface area contributed by atoms with Gasteiger partial charge in [0.2, 0.25) is 0 Å². The summed E-state index contributed by atoms with van der Waals surface area (Å²) >= 11 is 3.76. The second-order valence-corrected chi connectivity index (χ2v) is 11.5. The van der Waals surface area contributed by atoms with Gasteiger partial charge >= 0.3 is 0 Å². The van der Waals surface area contributed by atoms with Crippen molar-refractivity contribution in [2.45, 2.75) is 18.4 Å². The Kier molecular flexibility index (Phi) is 7.24. The highest BCUT2D eigenvalue weighted by molar-refractivity contribution is 9.10. The van der Waals surface area contributed by atoms with E-state index >= 15 is 0 Å². The predicted molar refractivity (Wildman–Crippen MR) is 166 cm³/mol. The van der Waals surface area contributed by atoms with Gasteiger partial charge in [-0.25, -0.2) is 9.97 Å². The van der Waals surface area contributed by atoms with Crippen LogP contribution in [-0.4, -0.2) is 45.2 Å². The molecule has 6 heteroatoms. The molecule has 2 heterocycles. The molecule has 0 aliphatic heterocycles. The fraction of sp³-hybridized carbons (Fsp3) is 0.176. The molecule has 0 bridgehead atoms. The number of nitrogens with zero attached hydrogens (tertiary/aromatic N) is 4. The number of hydrogen-bond donors (Lipinski definition) is 1. The van der Waals surface area contributed by atoms with E-state index in [-0.39, 0.29) is 0 Å². The maximum atomic E-state index is 12.8. The Labute approximate surface area is 242 Å². The molecular weight excluding hydrogens is 560 g/mol. The molecule has 1 atom stereocenters. The van der Waals surface area contributed by atoms with Crippen molar-refractivity contribution in [1.29, 1.82) is 0 Å². The van der Waals surface area contributed by atoms with Gasteiger partial charge in [-0.3, -0.25) is 4.57 Å². The summed E-state index contributed by atoms with van der Waals surface area (Å²) in [5.74, 6) is 0.810. The Bertz CT molecular complexity index is 1780. The predicted octanol–water partition coefficient (Wildman–Crippen LogP) is 7.11. The standard InChI is InChI=1S/C34H31BrN4O/c1-38(2)17-15-34(40,30-14-8-12-25-11-6-7-13-29(25)30)31-22-28(35)21-26-20-27(19-24-9-4-3-5-10-24)33(37-32(26)31)39-18-16-36-23-39/h3-14,16,18,20-23,40H,15,17,19H2,1-2H3. The van der Waals surface area contributed by atoms with E-state index in [4.69, 9.17) is 4.98 Å². The van der Waals surface area contributed by atoms with E-state index in [1.165, 1.54) is 5.56 Å². The zero-order valence-electron chi connectivity index (χ0n) is 22.6. The molecule has 0 saturated carbocycles. The van der Waals surface area contributed by atoms with Crippen molar-refractivity contribution < 1.29 is 5.11 Å². The summed E-state index contributed by atoms with van der Waals surface area (Å²) in [5.41, 5.74) is 3.45. The number of halogens is 1. The monoisotopic (exact) mass is 590 g/mol. The summed E-state index contributed by atoms with van der Waals surface area (Å²) < 4.78 is 2.86. The summed E-state index contributed by atoms with van der Waals surface area (Å²) in [6.45, 7) is 0.703. The fourth-order valence-electron chi connectivity index (χ4n) is 5.54. The van der Waals surface area contributed by atoms with Crippen LogP contribution in [0.15, 0.2) is 114 Å². The van der Waals surface area contributed by atoms with Crippen LogP contribution in [0.4, 0.5) is 0 Å².